The molecule has 22 heavy (non-hydrogen) atoms. The lowest BCUT2D eigenvalue weighted by Gasteiger charge is -2.02. The molecule has 0 atom stereocenters. The van der Waals surface area contributed by atoms with E-state index in [1.165, 1.54) is 96.3 Å². The fraction of sp³-hybridized carbons (Fsp3) is 1.00. The lowest BCUT2D eigenvalue weighted by Crippen LogP contribution is -2.00. The highest BCUT2D eigenvalue weighted by Crippen LogP contribution is 2.13. The van der Waals surface area contributed by atoms with E-state index >= 15 is 0 Å². The molecular weight excluding hydrogens is 274 g/mol. The first-order valence-corrected chi connectivity index (χ1v) is 9.62. The Morgan fingerprint density at radius 1 is 0.500 bits per heavy atom. The van der Waals surface area contributed by atoms with Crippen LogP contribution >= 0.6 is 0 Å². The zero-order chi connectivity index (χ0) is 16.7. The maximum absolute atomic E-state index is 7.68. The monoisotopic (exact) mass is 314 g/mol. The highest BCUT2D eigenvalue weighted by atomic mass is 16.5. The summed E-state index contributed by atoms with van der Waals surface area (Å²) in [7, 11) is -0.812. The van der Waals surface area contributed by atoms with Crippen molar-refractivity contribution in [2.24, 2.45) is 0 Å². The molecule has 0 saturated heterocycles. The lowest BCUT2D eigenvalue weighted by molar-refractivity contribution is 0.408. The van der Waals surface area contributed by atoms with E-state index in [0.29, 0.717) is 0 Å². The molecule has 0 bridgehead atoms. The minimum atomic E-state index is -0.406. The number of rotatable bonds is 16. The number of unbranched alkanes of at least 4 members (excludes halogenated alkanes) is 14. The van der Waals surface area contributed by atoms with Gasteiger partial charge in [-0.25, -0.2) is 0 Å². The molecule has 132 valence electrons. The van der Waals surface area contributed by atoms with E-state index < -0.39 is 15.4 Å². The van der Waals surface area contributed by atoms with Crippen LogP contribution in [-0.4, -0.2) is 25.4 Å². The molecule has 0 aliphatic heterocycles. The molecular formula is C17H40B2O3. The van der Waals surface area contributed by atoms with E-state index in [1.807, 2.05) is 0 Å². The second-order valence-corrected chi connectivity index (χ2v) is 6.06. The molecule has 0 unspecified atom stereocenters. The van der Waals surface area contributed by atoms with Crippen molar-refractivity contribution in [3.8, 4) is 0 Å². The minimum absolute atomic E-state index is 0.406. The Morgan fingerprint density at radius 3 is 0.864 bits per heavy atom. The molecule has 0 radical (unpaired) electrons. The average Bonchev–Trinajstić information content (AvgIpc) is 2.53. The Hall–Kier alpha value is 0.00987. The first-order chi connectivity index (χ1) is 10.8. The van der Waals surface area contributed by atoms with Gasteiger partial charge < -0.3 is 14.6 Å². The van der Waals surface area contributed by atoms with Crippen molar-refractivity contribution in [1.29, 1.82) is 0 Å². The van der Waals surface area contributed by atoms with Crippen LogP contribution in [0.2, 0.25) is 0 Å². The summed E-state index contributed by atoms with van der Waals surface area (Å²) in [5, 5.41) is 15.4. The largest absolute Gasteiger partial charge is 0.457 e. The normalized spacial score (nSPS) is 10.0. The van der Waals surface area contributed by atoms with Gasteiger partial charge >= 0.3 is 15.4 Å². The van der Waals surface area contributed by atoms with Gasteiger partial charge in [-0.3, -0.25) is 0 Å². The summed E-state index contributed by atoms with van der Waals surface area (Å²) in [6, 6.07) is 0. The van der Waals surface area contributed by atoms with Crippen molar-refractivity contribution in [3.05, 3.63) is 0 Å². The molecule has 0 aromatic carbocycles. The van der Waals surface area contributed by atoms with Crippen LogP contribution < -0.4 is 0 Å². The molecule has 0 aromatic heterocycles. The molecule has 0 spiro atoms. The molecule has 0 amide bonds. The molecule has 0 aliphatic rings. The van der Waals surface area contributed by atoms with E-state index in [2.05, 4.69) is 18.4 Å². The van der Waals surface area contributed by atoms with E-state index in [1.54, 1.807) is 0 Å². The summed E-state index contributed by atoms with van der Waals surface area (Å²) in [5.74, 6) is 0. The summed E-state index contributed by atoms with van der Waals surface area (Å²) in [4.78, 5) is 0. The van der Waals surface area contributed by atoms with Gasteiger partial charge in [0, 0.05) is 0 Å². The maximum atomic E-state index is 7.68. The highest BCUT2D eigenvalue weighted by molar-refractivity contribution is 6.32. The van der Waals surface area contributed by atoms with Crippen LogP contribution in [0.5, 0.6) is 0 Å². The molecule has 0 fully saturated rings. The third-order valence-electron chi connectivity index (χ3n) is 3.89. The smallest absolute Gasteiger partial charge is 0.421 e. The second kappa shape index (κ2) is 25.9. The summed E-state index contributed by atoms with van der Waals surface area (Å²) in [5.41, 5.74) is 0. The second-order valence-electron chi connectivity index (χ2n) is 6.06. The van der Waals surface area contributed by atoms with Crippen molar-refractivity contribution in [2.75, 3.05) is 0 Å². The van der Waals surface area contributed by atoms with E-state index in [9.17, 15) is 0 Å². The molecule has 0 aromatic rings. The van der Waals surface area contributed by atoms with Gasteiger partial charge in [-0.15, -0.1) is 0 Å². The van der Waals surface area contributed by atoms with Crippen LogP contribution in [0.15, 0.2) is 0 Å². The van der Waals surface area contributed by atoms with Gasteiger partial charge in [0.25, 0.3) is 0 Å². The third-order valence-corrected chi connectivity index (χ3v) is 3.89. The molecule has 0 aliphatic carbocycles. The quantitative estimate of drug-likeness (QED) is 0.328. The Balaban J connectivity index is 0. The van der Waals surface area contributed by atoms with E-state index in [0.717, 1.165) is 0 Å². The standard InChI is InChI=1S/C17H36.B2H4O3/c1-3-5-7-9-11-13-15-17-16-14-12-10-8-6-4-2;3-1-5-2-4/h3-17H2,1-2H3;1-4H. The van der Waals surface area contributed by atoms with Crippen molar-refractivity contribution in [1.82, 2.24) is 0 Å². The Bertz CT molecular complexity index is 156. The summed E-state index contributed by atoms with van der Waals surface area (Å²) < 4.78 is 3.94. The molecule has 0 saturated carbocycles. The average molecular weight is 314 g/mol. The van der Waals surface area contributed by atoms with Crippen LogP contribution in [0.3, 0.4) is 0 Å². The molecule has 5 heteroatoms. The van der Waals surface area contributed by atoms with E-state index in [-0.39, 0.29) is 0 Å². The third kappa shape index (κ3) is 28.2. The van der Waals surface area contributed by atoms with Gasteiger partial charge in [0.15, 0.2) is 0 Å². The van der Waals surface area contributed by atoms with Gasteiger partial charge in [0.05, 0.1) is 0 Å². The predicted octanol–water partition coefficient (Wildman–Crippen LogP) is 4.40. The van der Waals surface area contributed by atoms with E-state index in [4.69, 9.17) is 10.0 Å². The van der Waals surface area contributed by atoms with Crippen molar-refractivity contribution in [3.63, 3.8) is 0 Å². The van der Waals surface area contributed by atoms with Crippen LogP contribution in [0, 0.1) is 0 Å². The van der Waals surface area contributed by atoms with Gasteiger partial charge in [-0.2, -0.15) is 0 Å². The van der Waals surface area contributed by atoms with Crippen molar-refractivity contribution in [2.45, 2.75) is 110 Å². The highest BCUT2D eigenvalue weighted by Gasteiger charge is 1.93. The van der Waals surface area contributed by atoms with Crippen molar-refractivity contribution >= 4 is 15.4 Å². The van der Waals surface area contributed by atoms with Gasteiger partial charge in [-0.05, 0) is 0 Å². The number of hydrogen-bond donors (Lipinski definition) is 2. The fourth-order valence-corrected chi connectivity index (χ4v) is 2.49. The van der Waals surface area contributed by atoms with Crippen molar-refractivity contribution < 1.29 is 14.6 Å². The van der Waals surface area contributed by atoms with Crippen LogP contribution in [0.25, 0.3) is 0 Å². The summed E-state index contributed by atoms with van der Waals surface area (Å²) in [6.07, 6.45) is 21.9. The molecule has 3 nitrogen and oxygen atoms in total. The minimum Gasteiger partial charge on any atom is -0.457 e. The summed E-state index contributed by atoms with van der Waals surface area (Å²) >= 11 is 0. The SMILES string of the molecule is CCCCCCCCCCCCCCCCC.OBOBO. The lowest BCUT2D eigenvalue weighted by atomic mass is 10.0. The number of hydrogen-bond acceptors (Lipinski definition) is 3. The zero-order valence-electron chi connectivity index (χ0n) is 15.3. The zero-order valence-corrected chi connectivity index (χ0v) is 15.3. The Morgan fingerprint density at radius 2 is 0.727 bits per heavy atom. The van der Waals surface area contributed by atoms with Crippen LogP contribution in [-0.2, 0) is 4.57 Å². The molecule has 0 heterocycles. The van der Waals surface area contributed by atoms with Gasteiger partial charge in [-0.1, -0.05) is 110 Å². The maximum Gasteiger partial charge on any atom is 0.421 e. The van der Waals surface area contributed by atoms with Gasteiger partial charge in [0.1, 0.15) is 0 Å². The molecule has 0 rings (SSSR count). The fourth-order valence-electron chi connectivity index (χ4n) is 2.49. The van der Waals surface area contributed by atoms with Gasteiger partial charge in [0.2, 0.25) is 0 Å². The topological polar surface area (TPSA) is 49.7 Å². The summed E-state index contributed by atoms with van der Waals surface area (Å²) in [6.45, 7) is 4.58. The Labute approximate surface area is 140 Å². The van der Waals surface area contributed by atoms with Crippen LogP contribution in [0.1, 0.15) is 110 Å². The Kier molecular flexibility index (Phi) is 28.6. The molecule has 2 N–H and O–H groups in total. The van der Waals surface area contributed by atoms with Crippen LogP contribution in [0.4, 0.5) is 0 Å². The first-order valence-electron chi connectivity index (χ1n) is 9.62. The first kappa shape index (κ1) is 24.3. The predicted molar refractivity (Wildman–Crippen MR) is 100 cm³/mol.